The largest absolute Gasteiger partial charge is 0.459 e. The summed E-state index contributed by atoms with van der Waals surface area (Å²) in [5.41, 5.74) is 1.33. The predicted molar refractivity (Wildman–Crippen MR) is 86.2 cm³/mol. The van der Waals surface area contributed by atoms with Gasteiger partial charge in [-0.2, -0.15) is 0 Å². The molecule has 0 aliphatic carbocycles. The van der Waals surface area contributed by atoms with Crippen LogP contribution in [0.3, 0.4) is 0 Å². The monoisotopic (exact) mass is 306 g/mol. The summed E-state index contributed by atoms with van der Waals surface area (Å²) in [5, 5.41) is 0. The van der Waals surface area contributed by atoms with Crippen LogP contribution in [0.2, 0.25) is 0 Å². The number of esters is 2. The van der Waals surface area contributed by atoms with Crippen molar-refractivity contribution in [3.8, 4) is 0 Å². The van der Waals surface area contributed by atoms with Gasteiger partial charge in [-0.3, -0.25) is 0 Å². The lowest BCUT2D eigenvalue weighted by atomic mass is 9.85. The van der Waals surface area contributed by atoms with E-state index in [-0.39, 0.29) is 28.7 Å². The fourth-order valence-corrected chi connectivity index (χ4v) is 1.91. The fourth-order valence-electron chi connectivity index (χ4n) is 1.91. The molecule has 0 spiro atoms. The molecule has 0 aromatic heterocycles. The van der Waals surface area contributed by atoms with E-state index in [0.29, 0.717) is 0 Å². The lowest BCUT2D eigenvalue weighted by molar-refractivity contribution is 0.0327. The van der Waals surface area contributed by atoms with Gasteiger partial charge in [-0.25, -0.2) is 9.59 Å². The molecule has 4 heteroatoms. The highest BCUT2D eigenvalue weighted by molar-refractivity contribution is 6.03. The standard InChI is InChI=1S/C18H26O4/c1-11(2)21-16(19)14-9-8-13(18(5,6)7)10-15(14)17(20)22-12(3)4/h8-12H,1-7H3. The molecule has 0 heterocycles. The molecule has 1 rings (SSSR count). The Hall–Kier alpha value is -1.84. The first-order valence-electron chi connectivity index (χ1n) is 7.59. The first-order valence-corrected chi connectivity index (χ1v) is 7.59. The third-order valence-corrected chi connectivity index (χ3v) is 3.01. The van der Waals surface area contributed by atoms with Gasteiger partial charge in [0.2, 0.25) is 0 Å². The Kier molecular flexibility index (Phi) is 5.75. The molecular formula is C18H26O4. The minimum atomic E-state index is -0.508. The molecule has 0 aliphatic rings. The van der Waals surface area contributed by atoms with E-state index in [4.69, 9.17) is 9.47 Å². The van der Waals surface area contributed by atoms with Crippen molar-refractivity contribution in [2.24, 2.45) is 0 Å². The lowest BCUT2D eigenvalue weighted by Gasteiger charge is -2.21. The van der Waals surface area contributed by atoms with Crippen molar-refractivity contribution in [3.05, 3.63) is 34.9 Å². The molecule has 0 bridgehead atoms. The summed E-state index contributed by atoms with van der Waals surface area (Å²) in [6.07, 6.45) is -0.497. The van der Waals surface area contributed by atoms with Gasteiger partial charge in [-0.05, 0) is 50.8 Å². The summed E-state index contributed by atoms with van der Waals surface area (Å²) >= 11 is 0. The second-order valence-corrected chi connectivity index (χ2v) is 6.92. The summed E-state index contributed by atoms with van der Waals surface area (Å²) in [5.74, 6) is -1.01. The minimum Gasteiger partial charge on any atom is -0.459 e. The number of ether oxygens (including phenoxy) is 2. The first-order chi connectivity index (χ1) is 10.0. The molecule has 0 aliphatic heterocycles. The Morgan fingerprint density at radius 1 is 0.864 bits per heavy atom. The van der Waals surface area contributed by atoms with Crippen LogP contribution >= 0.6 is 0 Å². The van der Waals surface area contributed by atoms with Crippen molar-refractivity contribution in [3.63, 3.8) is 0 Å². The molecule has 22 heavy (non-hydrogen) atoms. The van der Waals surface area contributed by atoms with Crippen LogP contribution < -0.4 is 0 Å². The number of hydrogen-bond donors (Lipinski definition) is 0. The van der Waals surface area contributed by atoms with Crippen LogP contribution in [-0.2, 0) is 14.9 Å². The van der Waals surface area contributed by atoms with E-state index >= 15 is 0 Å². The maximum atomic E-state index is 12.3. The lowest BCUT2D eigenvalue weighted by Crippen LogP contribution is -2.21. The summed E-state index contributed by atoms with van der Waals surface area (Å²) in [7, 11) is 0. The molecule has 122 valence electrons. The molecule has 0 saturated heterocycles. The van der Waals surface area contributed by atoms with Gasteiger partial charge >= 0.3 is 11.9 Å². The Balaban J connectivity index is 3.31. The minimum absolute atomic E-state index is 0.132. The van der Waals surface area contributed by atoms with Crippen molar-refractivity contribution in [2.75, 3.05) is 0 Å². The molecule has 0 saturated carbocycles. The van der Waals surface area contributed by atoms with Crippen LogP contribution in [0.15, 0.2) is 18.2 Å². The first kappa shape index (κ1) is 18.2. The smallest absolute Gasteiger partial charge is 0.339 e. The van der Waals surface area contributed by atoms with Gasteiger partial charge in [0.1, 0.15) is 0 Å². The predicted octanol–water partition coefficient (Wildman–Crippen LogP) is 4.11. The summed E-state index contributed by atoms with van der Waals surface area (Å²) < 4.78 is 10.5. The zero-order valence-electron chi connectivity index (χ0n) is 14.5. The average molecular weight is 306 g/mol. The summed E-state index contributed by atoms with van der Waals surface area (Å²) in [4.78, 5) is 24.5. The van der Waals surface area contributed by atoms with Gasteiger partial charge in [0, 0.05) is 0 Å². The molecular weight excluding hydrogens is 280 g/mol. The van der Waals surface area contributed by atoms with Crippen LogP contribution in [0.5, 0.6) is 0 Å². The topological polar surface area (TPSA) is 52.6 Å². The van der Waals surface area contributed by atoms with Crippen LogP contribution in [-0.4, -0.2) is 24.1 Å². The quantitative estimate of drug-likeness (QED) is 0.785. The van der Waals surface area contributed by atoms with Gasteiger partial charge in [0.25, 0.3) is 0 Å². The van der Waals surface area contributed by atoms with Crippen molar-refractivity contribution < 1.29 is 19.1 Å². The molecule has 0 atom stereocenters. The molecule has 4 nitrogen and oxygen atoms in total. The molecule has 0 amide bonds. The summed E-state index contributed by atoms with van der Waals surface area (Å²) in [6, 6.07) is 5.22. The van der Waals surface area contributed by atoms with E-state index in [1.54, 1.807) is 39.8 Å². The molecule has 1 aromatic rings. The zero-order valence-corrected chi connectivity index (χ0v) is 14.5. The molecule has 0 unspecified atom stereocenters. The second kappa shape index (κ2) is 6.95. The van der Waals surface area contributed by atoms with Crippen LogP contribution in [0.25, 0.3) is 0 Å². The highest BCUT2D eigenvalue weighted by atomic mass is 16.5. The van der Waals surface area contributed by atoms with Gasteiger partial charge < -0.3 is 9.47 Å². The number of hydrogen-bond acceptors (Lipinski definition) is 4. The maximum absolute atomic E-state index is 12.3. The molecule has 0 N–H and O–H groups in total. The van der Waals surface area contributed by atoms with Crippen LogP contribution in [0.4, 0.5) is 0 Å². The van der Waals surface area contributed by atoms with Crippen LogP contribution in [0, 0.1) is 0 Å². The van der Waals surface area contributed by atoms with Crippen molar-refractivity contribution in [1.82, 2.24) is 0 Å². The van der Waals surface area contributed by atoms with Gasteiger partial charge in [-0.1, -0.05) is 26.8 Å². The van der Waals surface area contributed by atoms with E-state index in [2.05, 4.69) is 0 Å². The van der Waals surface area contributed by atoms with E-state index in [1.807, 2.05) is 26.8 Å². The Morgan fingerprint density at radius 3 is 1.73 bits per heavy atom. The number of rotatable bonds is 4. The zero-order chi connectivity index (χ0) is 17.1. The van der Waals surface area contributed by atoms with Crippen molar-refractivity contribution >= 4 is 11.9 Å². The Labute approximate surface area is 132 Å². The highest BCUT2D eigenvalue weighted by Crippen LogP contribution is 2.26. The van der Waals surface area contributed by atoms with Crippen LogP contribution in [0.1, 0.15) is 74.7 Å². The average Bonchev–Trinajstić information content (AvgIpc) is 2.35. The number of benzene rings is 1. The third kappa shape index (κ3) is 4.86. The van der Waals surface area contributed by atoms with Gasteiger partial charge in [-0.15, -0.1) is 0 Å². The number of carbonyl (C=O) groups excluding carboxylic acids is 2. The summed E-state index contributed by atoms with van der Waals surface area (Å²) in [6.45, 7) is 13.2. The van der Waals surface area contributed by atoms with E-state index in [0.717, 1.165) is 5.56 Å². The SMILES string of the molecule is CC(C)OC(=O)c1ccc(C(C)(C)C)cc1C(=O)OC(C)C. The van der Waals surface area contributed by atoms with E-state index < -0.39 is 11.9 Å². The Bertz CT molecular complexity index is 551. The maximum Gasteiger partial charge on any atom is 0.339 e. The highest BCUT2D eigenvalue weighted by Gasteiger charge is 2.24. The normalized spacial score (nSPS) is 11.7. The third-order valence-electron chi connectivity index (χ3n) is 3.01. The van der Waals surface area contributed by atoms with Crippen molar-refractivity contribution in [2.45, 2.75) is 66.1 Å². The van der Waals surface area contributed by atoms with E-state index in [9.17, 15) is 9.59 Å². The van der Waals surface area contributed by atoms with E-state index in [1.165, 1.54) is 0 Å². The number of carbonyl (C=O) groups is 2. The van der Waals surface area contributed by atoms with Gasteiger partial charge in [0.05, 0.1) is 23.3 Å². The van der Waals surface area contributed by atoms with Gasteiger partial charge in [0.15, 0.2) is 0 Å². The Morgan fingerprint density at radius 2 is 1.32 bits per heavy atom. The molecule has 0 radical (unpaired) electrons. The fraction of sp³-hybridized carbons (Fsp3) is 0.556. The molecule has 1 aromatic carbocycles. The second-order valence-electron chi connectivity index (χ2n) is 6.92. The molecule has 0 fully saturated rings. The van der Waals surface area contributed by atoms with Crippen molar-refractivity contribution in [1.29, 1.82) is 0 Å².